The van der Waals surface area contributed by atoms with Gasteiger partial charge >= 0.3 is 6.03 Å². The molecule has 1 aromatic carbocycles. The molecule has 1 N–H and O–H groups in total. The van der Waals surface area contributed by atoms with Gasteiger partial charge in [-0.15, -0.1) is 0 Å². The second kappa shape index (κ2) is 8.74. The first-order chi connectivity index (χ1) is 15.6. The Bertz CT molecular complexity index is 1150. The molecule has 166 valence electrons. The first-order valence-corrected chi connectivity index (χ1v) is 11.4. The number of pyridine rings is 1. The van der Waals surface area contributed by atoms with Gasteiger partial charge in [-0.1, -0.05) is 24.3 Å². The topological polar surface area (TPSA) is 70.0 Å². The van der Waals surface area contributed by atoms with E-state index in [9.17, 15) is 9.59 Å². The van der Waals surface area contributed by atoms with Crippen molar-refractivity contribution in [2.45, 2.75) is 39.2 Å². The zero-order valence-electron chi connectivity index (χ0n) is 18.5. The number of rotatable bonds is 5. The van der Waals surface area contributed by atoms with Gasteiger partial charge in [-0.3, -0.25) is 19.9 Å². The average molecular weight is 432 g/mol. The summed E-state index contributed by atoms with van der Waals surface area (Å²) in [6, 6.07) is 12.6. The standard InChI is InChI=1S/C25H29N5O2/c1-18-4-2-3-5-21(18)17-28-10-6-19(7-11-28)14-20-8-13-30-22(15-20)23(16-26-30)29-12-9-24(31)27-25(29)32/h2-5,8,13,15-16,19H,6-7,9-12,14,17H2,1H3,(H,27,31,32). The molecule has 0 bridgehead atoms. The summed E-state index contributed by atoms with van der Waals surface area (Å²) in [5.41, 5.74) is 5.72. The lowest BCUT2D eigenvalue weighted by molar-refractivity contribution is -0.120. The lowest BCUT2D eigenvalue weighted by atomic mass is 9.90. The summed E-state index contributed by atoms with van der Waals surface area (Å²) >= 11 is 0. The Kier molecular flexibility index (Phi) is 5.66. The van der Waals surface area contributed by atoms with Gasteiger partial charge in [-0.25, -0.2) is 9.31 Å². The smallest absolute Gasteiger partial charge is 0.299 e. The van der Waals surface area contributed by atoms with Crippen molar-refractivity contribution in [2.75, 3.05) is 24.5 Å². The number of aromatic nitrogens is 2. The number of hydrogen-bond acceptors (Lipinski definition) is 4. The van der Waals surface area contributed by atoms with Gasteiger partial charge in [0, 0.05) is 25.7 Å². The van der Waals surface area contributed by atoms with Gasteiger partial charge in [0.25, 0.3) is 0 Å². The third-order valence-corrected chi connectivity index (χ3v) is 6.80. The predicted molar refractivity (Wildman–Crippen MR) is 124 cm³/mol. The molecule has 2 aliphatic rings. The molecule has 0 atom stereocenters. The van der Waals surface area contributed by atoms with Gasteiger partial charge in [0.05, 0.1) is 17.4 Å². The number of anilines is 1. The maximum absolute atomic E-state index is 12.3. The molecular weight excluding hydrogens is 402 g/mol. The minimum Gasteiger partial charge on any atom is -0.299 e. The highest BCUT2D eigenvalue weighted by molar-refractivity contribution is 6.07. The predicted octanol–water partition coefficient (Wildman–Crippen LogP) is 3.54. The van der Waals surface area contributed by atoms with Crippen LogP contribution in [0.5, 0.6) is 0 Å². The van der Waals surface area contributed by atoms with Crippen molar-refractivity contribution in [3.05, 3.63) is 65.5 Å². The molecule has 0 spiro atoms. The Morgan fingerprint density at radius 3 is 2.69 bits per heavy atom. The Labute approximate surface area is 188 Å². The van der Waals surface area contributed by atoms with Gasteiger partial charge < -0.3 is 0 Å². The van der Waals surface area contributed by atoms with Crippen LogP contribution in [-0.2, 0) is 17.8 Å². The highest BCUT2D eigenvalue weighted by Crippen LogP contribution is 2.27. The van der Waals surface area contributed by atoms with Crippen LogP contribution in [0.2, 0.25) is 0 Å². The van der Waals surface area contributed by atoms with Crippen molar-refractivity contribution in [3.63, 3.8) is 0 Å². The fraction of sp³-hybridized carbons (Fsp3) is 0.400. The maximum atomic E-state index is 12.3. The summed E-state index contributed by atoms with van der Waals surface area (Å²) in [4.78, 5) is 27.9. The molecule has 0 saturated carbocycles. The molecule has 5 rings (SSSR count). The molecule has 0 aliphatic carbocycles. The Morgan fingerprint density at radius 1 is 1.09 bits per heavy atom. The van der Waals surface area contributed by atoms with E-state index in [-0.39, 0.29) is 11.9 Å². The zero-order valence-corrected chi connectivity index (χ0v) is 18.5. The molecule has 3 aromatic rings. The van der Waals surface area contributed by atoms with Crippen LogP contribution in [0.1, 0.15) is 36.0 Å². The number of fused-ring (bicyclic) bond motifs is 1. The molecule has 0 unspecified atom stereocenters. The monoisotopic (exact) mass is 431 g/mol. The van der Waals surface area contributed by atoms with Crippen molar-refractivity contribution in [1.29, 1.82) is 0 Å². The van der Waals surface area contributed by atoms with Crippen LogP contribution >= 0.6 is 0 Å². The SMILES string of the molecule is Cc1ccccc1CN1CCC(Cc2ccn3ncc(N4CCC(=O)NC4=O)c3c2)CC1. The van der Waals surface area contributed by atoms with Crippen LogP contribution < -0.4 is 10.2 Å². The van der Waals surface area contributed by atoms with Crippen molar-refractivity contribution in [1.82, 2.24) is 19.8 Å². The molecule has 4 heterocycles. The average Bonchev–Trinajstić information content (AvgIpc) is 3.20. The number of urea groups is 1. The van der Waals surface area contributed by atoms with Gasteiger partial charge in [0.2, 0.25) is 5.91 Å². The molecule has 32 heavy (non-hydrogen) atoms. The number of likely N-dealkylation sites (tertiary alicyclic amines) is 1. The largest absolute Gasteiger partial charge is 0.328 e. The van der Waals surface area contributed by atoms with Gasteiger partial charge in [0.15, 0.2) is 0 Å². The third-order valence-electron chi connectivity index (χ3n) is 6.80. The van der Waals surface area contributed by atoms with Gasteiger partial charge in [-0.05, 0) is 74.0 Å². The van der Waals surface area contributed by atoms with E-state index < -0.39 is 0 Å². The van der Waals surface area contributed by atoms with E-state index in [2.05, 4.69) is 58.6 Å². The van der Waals surface area contributed by atoms with Crippen LogP contribution in [0.4, 0.5) is 10.5 Å². The highest BCUT2D eigenvalue weighted by atomic mass is 16.2. The van der Waals surface area contributed by atoms with E-state index in [1.165, 1.54) is 29.5 Å². The summed E-state index contributed by atoms with van der Waals surface area (Å²) < 4.78 is 1.80. The van der Waals surface area contributed by atoms with E-state index in [0.717, 1.165) is 37.3 Å². The lowest BCUT2D eigenvalue weighted by Gasteiger charge is -2.32. The van der Waals surface area contributed by atoms with Gasteiger partial charge in [0.1, 0.15) is 0 Å². The van der Waals surface area contributed by atoms with E-state index >= 15 is 0 Å². The molecule has 2 saturated heterocycles. The third kappa shape index (κ3) is 4.25. The fourth-order valence-electron chi connectivity index (χ4n) is 4.85. The normalized spacial score (nSPS) is 18.3. The lowest BCUT2D eigenvalue weighted by Crippen LogP contribution is -2.49. The number of amides is 3. The molecule has 2 aliphatic heterocycles. The number of benzene rings is 1. The van der Waals surface area contributed by atoms with Crippen LogP contribution in [0.25, 0.3) is 5.52 Å². The molecule has 3 amide bonds. The van der Waals surface area contributed by atoms with E-state index in [1.807, 2.05) is 6.20 Å². The Balaban J connectivity index is 1.24. The van der Waals surface area contributed by atoms with Crippen LogP contribution in [0, 0.1) is 12.8 Å². The summed E-state index contributed by atoms with van der Waals surface area (Å²) in [6.07, 6.45) is 7.40. The van der Waals surface area contributed by atoms with E-state index in [4.69, 9.17) is 0 Å². The number of imide groups is 1. The Hall–Kier alpha value is -3.19. The second-order valence-electron chi connectivity index (χ2n) is 9.00. The van der Waals surface area contributed by atoms with Crippen LogP contribution in [-0.4, -0.2) is 46.1 Å². The van der Waals surface area contributed by atoms with E-state index in [1.54, 1.807) is 15.6 Å². The van der Waals surface area contributed by atoms with Gasteiger partial charge in [-0.2, -0.15) is 5.10 Å². The van der Waals surface area contributed by atoms with Crippen LogP contribution in [0.15, 0.2) is 48.8 Å². The fourth-order valence-corrected chi connectivity index (χ4v) is 4.85. The minimum atomic E-state index is -0.373. The van der Waals surface area contributed by atoms with Crippen molar-refractivity contribution < 1.29 is 9.59 Å². The minimum absolute atomic E-state index is 0.225. The molecule has 7 nitrogen and oxygen atoms in total. The van der Waals surface area contributed by atoms with Crippen molar-refractivity contribution >= 4 is 23.1 Å². The van der Waals surface area contributed by atoms with Crippen LogP contribution in [0.3, 0.4) is 0 Å². The molecule has 2 fully saturated rings. The summed E-state index contributed by atoms with van der Waals surface area (Å²) in [5.74, 6) is 0.435. The first kappa shape index (κ1) is 20.7. The maximum Gasteiger partial charge on any atom is 0.328 e. The number of carbonyl (C=O) groups excluding carboxylic acids is 2. The number of piperidine rings is 1. The molecular formula is C25H29N5O2. The molecule has 0 radical (unpaired) electrons. The number of nitrogens with one attached hydrogen (secondary N) is 1. The van der Waals surface area contributed by atoms with Crippen molar-refractivity contribution in [2.24, 2.45) is 5.92 Å². The first-order valence-electron chi connectivity index (χ1n) is 11.4. The van der Waals surface area contributed by atoms with E-state index in [0.29, 0.717) is 18.9 Å². The van der Waals surface area contributed by atoms with Crippen molar-refractivity contribution in [3.8, 4) is 0 Å². The second-order valence-corrected chi connectivity index (χ2v) is 9.00. The number of aryl methyl sites for hydroxylation is 1. The molecule has 7 heteroatoms. The quantitative estimate of drug-likeness (QED) is 0.671. The molecule has 2 aromatic heterocycles. The Morgan fingerprint density at radius 2 is 1.91 bits per heavy atom. The summed E-state index contributed by atoms with van der Waals surface area (Å²) in [6.45, 7) is 5.86. The number of nitrogens with zero attached hydrogens (tertiary/aromatic N) is 4. The summed E-state index contributed by atoms with van der Waals surface area (Å²) in [5, 5.41) is 6.79. The highest BCUT2D eigenvalue weighted by Gasteiger charge is 2.27. The number of carbonyl (C=O) groups is 2. The zero-order chi connectivity index (χ0) is 22.1. The summed E-state index contributed by atoms with van der Waals surface area (Å²) in [7, 11) is 0. The number of hydrogen-bond donors (Lipinski definition) is 1.